The maximum Gasteiger partial charge on any atom is 0.274 e. The molecule has 0 spiro atoms. The van der Waals surface area contributed by atoms with Crippen molar-refractivity contribution in [3.63, 3.8) is 0 Å². The third kappa shape index (κ3) is 3.40. The Labute approximate surface area is 112 Å². The van der Waals surface area contributed by atoms with Gasteiger partial charge < -0.3 is 0 Å². The molecule has 0 atom stereocenters. The molecular weight excluding hydrogens is 242 g/mol. The minimum Gasteiger partial charge on any atom is -0.173 e. The van der Waals surface area contributed by atoms with E-state index in [0.29, 0.717) is 12.0 Å². The molecule has 0 N–H and O–H groups in total. The molecule has 0 bridgehead atoms. The molecule has 0 saturated carbocycles. The van der Waals surface area contributed by atoms with E-state index in [1.807, 2.05) is 57.2 Å². The highest BCUT2D eigenvalue weighted by molar-refractivity contribution is 5.86. The molecule has 0 fully saturated rings. The second-order valence-electron chi connectivity index (χ2n) is 6.04. The molecule has 2 aromatic rings. The number of hydrogen-bond acceptors (Lipinski definition) is 0. The first kappa shape index (κ1) is 13.7. The lowest BCUT2D eigenvalue weighted by Gasteiger charge is -2.20. The van der Waals surface area contributed by atoms with Crippen LogP contribution >= 0.6 is 0 Å². The van der Waals surface area contributed by atoms with Crippen LogP contribution in [-0.4, -0.2) is 0 Å². The summed E-state index contributed by atoms with van der Waals surface area (Å²) in [5, 5.41) is 2.06. The molecule has 0 aliphatic rings. The first-order valence-electron chi connectivity index (χ1n) is 6.40. The lowest BCUT2D eigenvalue weighted by molar-refractivity contribution is 0.393. The van der Waals surface area contributed by atoms with Crippen LogP contribution in [0.15, 0.2) is 48.5 Å². The van der Waals surface area contributed by atoms with Gasteiger partial charge in [0.25, 0.3) is 6.08 Å². The number of rotatable bonds is 2. The molecule has 0 nitrogen and oxygen atoms in total. The number of allylic oxidation sites excluding steroid dienone is 1. The van der Waals surface area contributed by atoms with E-state index in [-0.39, 0.29) is 11.0 Å². The van der Waals surface area contributed by atoms with Gasteiger partial charge >= 0.3 is 0 Å². The lowest BCUT2D eigenvalue weighted by atomic mass is 9.85. The van der Waals surface area contributed by atoms with Crippen LogP contribution in [0.2, 0.25) is 0 Å². The number of benzene rings is 2. The number of halogens is 2. The highest BCUT2D eigenvalue weighted by atomic mass is 19.3. The fourth-order valence-electron chi connectivity index (χ4n) is 2.19. The van der Waals surface area contributed by atoms with Gasteiger partial charge in [-0.1, -0.05) is 57.2 Å². The van der Waals surface area contributed by atoms with E-state index in [0.717, 1.165) is 10.8 Å². The molecule has 2 aromatic carbocycles. The minimum absolute atomic E-state index is 0.151. The van der Waals surface area contributed by atoms with Gasteiger partial charge in [0, 0.05) is 5.57 Å². The highest BCUT2D eigenvalue weighted by Gasteiger charge is 2.18. The molecule has 0 aliphatic heterocycles. The van der Waals surface area contributed by atoms with Crippen LogP contribution < -0.4 is 0 Å². The molecule has 0 aliphatic carbocycles. The molecule has 0 heterocycles. The summed E-state index contributed by atoms with van der Waals surface area (Å²) >= 11 is 0. The van der Waals surface area contributed by atoms with Crippen LogP contribution in [0.1, 0.15) is 32.8 Å². The van der Waals surface area contributed by atoms with Gasteiger partial charge in [-0.3, -0.25) is 0 Å². The Balaban J connectivity index is 2.49. The molecule has 2 heteroatoms. The maximum absolute atomic E-state index is 13.2. The summed E-state index contributed by atoms with van der Waals surface area (Å²) in [4.78, 5) is 0. The van der Waals surface area contributed by atoms with Gasteiger partial charge in [0.1, 0.15) is 0 Å². The van der Waals surface area contributed by atoms with Crippen molar-refractivity contribution in [2.75, 3.05) is 0 Å². The molecule has 0 amide bonds. The summed E-state index contributed by atoms with van der Waals surface area (Å²) in [7, 11) is 0. The zero-order valence-corrected chi connectivity index (χ0v) is 11.5. The summed E-state index contributed by atoms with van der Waals surface area (Å²) in [6, 6.07) is 13.3. The first-order valence-corrected chi connectivity index (χ1v) is 6.40. The molecule has 0 unspecified atom stereocenters. The van der Waals surface area contributed by atoms with Crippen molar-refractivity contribution in [2.24, 2.45) is 5.41 Å². The van der Waals surface area contributed by atoms with E-state index in [9.17, 15) is 8.78 Å². The largest absolute Gasteiger partial charge is 0.274 e. The summed E-state index contributed by atoms with van der Waals surface area (Å²) in [6.45, 7) is 5.91. The Hall–Kier alpha value is -1.70. The lowest BCUT2D eigenvalue weighted by Crippen LogP contribution is -2.06. The van der Waals surface area contributed by atoms with Crippen LogP contribution in [0.4, 0.5) is 8.78 Å². The fourth-order valence-corrected chi connectivity index (χ4v) is 2.19. The Kier molecular flexibility index (Phi) is 3.70. The SMILES string of the molecule is CC(C)(C)CC(=C(F)F)c1ccc2ccccc2c1. The molecule has 0 radical (unpaired) electrons. The summed E-state index contributed by atoms with van der Waals surface area (Å²) in [5.74, 6) is 0. The quantitative estimate of drug-likeness (QED) is 0.632. The monoisotopic (exact) mass is 260 g/mol. The van der Waals surface area contributed by atoms with Gasteiger partial charge in [-0.05, 0) is 34.2 Å². The van der Waals surface area contributed by atoms with E-state index in [2.05, 4.69) is 0 Å². The highest BCUT2D eigenvalue weighted by Crippen LogP contribution is 2.34. The Morgan fingerprint density at radius 1 is 0.947 bits per heavy atom. The molecule has 0 aromatic heterocycles. The normalized spacial score (nSPS) is 11.6. The smallest absolute Gasteiger partial charge is 0.173 e. The van der Waals surface area contributed by atoms with Crippen molar-refractivity contribution in [1.29, 1.82) is 0 Å². The van der Waals surface area contributed by atoms with E-state index < -0.39 is 6.08 Å². The average molecular weight is 260 g/mol. The van der Waals surface area contributed by atoms with Gasteiger partial charge in [-0.25, -0.2) is 0 Å². The average Bonchev–Trinajstić information content (AvgIpc) is 2.34. The van der Waals surface area contributed by atoms with Crippen molar-refractivity contribution in [2.45, 2.75) is 27.2 Å². The van der Waals surface area contributed by atoms with Gasteiger partial charge in [-0.2, -0.15) is 8.78 Å². The fraction of sp³-hybridized carbons (Fsp3) is 0.294. The van der Waals surface area contributed by atoms with Gasteiger partial charge in [0.2, 0.25) is 0 Å². The third-order valence-corrected chi connectivity index (χ3v) is 3.03. The van der Waals surface area contributed by atoms with Gasteiger partial charge in [0.15, 0.2) is 0 Å². The Morgan fingerprint density at radius 2 is 1.58 bits per heavy atom. The van der Waals surface area contributed by atoms with Crippen LogP contribution in [0.3, 0.4) is 0 Å². The molecule has 2 rings (SSSR count). The van der Waals surface area contributed by atoms with Crippen LogP contribution in [0.5, 0.6) is 0 Å². The van der Waals surface area contributed by atoms with E-state index in [1.165, 1.54) is 0 Å². The maximum atomic E-state index is 13.2. The predicted molar refractivity (Wildman–Crippen MR) is 77.2 cm³/mol. The Bertz CT molecular complexity index is 614. The van der Waals surface area contributed by atoms with Crippen LogP contribution in [-0.2, 0) is 0 Å². The van der Waals surface area contributed by atoms with Crippen molar-refractivity contribution in [3.8, 4) is 0 Å². The topological polar surface area (TPSA) is 0 Å². The van der Waals surface area contributed by atoms with Gasteiger partial charge in [-0.15, -0.1) is 0 Å². The minimum atomic E-state index is -1.58. The van der Waals surface area contributed by atoms with Crippen LogP contribution in [0.25, 0.3) is 16.3 Å². The molecule has 100 valence electrons. The second kappa shape index (κ2) is 5.12. The Morgan fingerprint density at radius 3 is 2.16 bits per heavy atom. The summed E-state index contributed by atoms with van der Waals surface area (Å²) in [5.41, 5.74) is 0.608. The molecular formula is C17H18F2. The second-order valence-corrected chi connectivity index (χ2v) is 6.04. The summed E-state index contributed by atoms with van der Waals surface area (Å²) < 4.78 is 26.4. The zero-order valence-electron chi connectivity index (χ0n) is 11.5. The van der Waals surface area contributed by atoms with E-state index >= 15 is 0 Å². The standard InChI is InChI=1S/C17H18F2/c1-17(2,3)11-15(16(18)19)14-9-8-12-6-4-5-7-13(12)10-14/h4-10H,11H2,1-3H3. The summed E-state index contributed by atoms with van der Waals surface area (Å²) in [6.07, 6.45) is -1.21. The van der Waals surface area contributed by atoms with Crippen molar-refractivity contribution >= 4 is 16.3 Å². The third-order valence-electron chi connectivity index (χ3n) is 3.03. The van der Waals surface area contributed by atoms with Crippen LogP contribution in [0, 0.1) is 5.41 Å². The number of fused-ring (bicyclic) bond motifs is 1. The number of hydrogen-bond donors (Lipinski definition) is 0. The van der Waals surface area contributed by atoms with Crippen molar-refractivity contribution < 1.29 is 8.78 Å². The molecule has 19 heavy (non-hydrogen) atoms. The first-order chi connectivity index (χ1) is 8.87. The predicted octanol–water partition coefficient (Wildman–Crippen LogP) is 5.88. The zero-order chi connectivity index (χ0) is 14.0. The van der Waals surface area contributed by atoms with Gasteiger partial charge in [0.05, 0.1) is 0 Å². The van der Waals surface area contributed by atoms with Crippen molar-refractivity contribution in [3.05, 3.63) is 54.1 Å². The van der Waals surface area contributed by atoms with E-state index in [4.69, 9.17) is 0 Å². The van der Waals surface area contributed by atoms with E-state index in [1.54, 1.807) is 6.07 Å². The van der Waals surface area contributed by atoms with Crippen molar-refractivity contribution in [1.82, 2.24) is 0 Å². The molecule has 0 saturated heterocycles.